The van der Waals surface area contributed by atoms with Crippen molar-refractivity contribution in [2.75, 3.05) is 0 Å². The van der Waals surface area contributed by atoms with Crippen molar-refractivity contribution in [3.63, 3.8) is 0 Å². The third kappa shape index (κ3) is 3.62. The number of hydrogen-bond donors (Lipinski definition) is 0. The Balaban J connectivity index is 2.44. The van der Waals surface area contributed by atoms with Crippen molar-refractivity contribution in [2.45, 2.75) is 20.3 Å². The molecule has 19 heavy (non-hydrogen) atoms. The van der Waals surface area contributed by atoms with Crippen LogP contribution in [0, 0.1) is 6.92 Å². The van der Waals surface area contributed by atoms with Gasteiger partial charge in [0.1, 0.15) is 5.78 Å². The summed E-state index contributed by atoms with van der Waals surface area (Å²) in [6.07, 6.45) is 0.359. The molecule has 0 heterocycles. The maximum Gasteiger partial charge on any atom is 0.135 e. The van der Waals surface area contributed by atoms with Gasteiger partial charge in [0, 0.05) is 6.42 Å². The Labute approximate surface area is 113 Å². The van der Waals surface area contributed by atoms with Crippen molar-refractivity contribution < 1.29 is 4.79 Å². The molecule has 0 N–H and O–H groups in total. The van der Waals surface area contributed by atoms with Crippen LogP contribution in [0.3, 0.4) is 0 Å². The van der Waals surface area contributed by atoms with E-state index in [0.717, 1.165) is 22.5 Å². The molecule has 0 saturated carbocycles. The van der Waals surface area contributed by atoms with E-state index in [0.29, 0.717) is 6.42 Å². The second-order valence-corrected chi connectivity index (χ2v) is 4.59. The Morgan fingerprint density at radius 2 is 1.63 bits per heavy atom. The van der Waals surface area contributed by atoms with Crippen LogP contribution in [0.25, 0.3) is 0 Å². The summed E-state index contributed by atoms with van der Waals surface area (Å²) in [4.78, 5) is 16.1. The van der Waals surface area contributed by atoms with E-state index in [1.807, 2.05) is 61.5 Å². The summed E-state index contributed by atoms with van der Waals surface area (Å²) in [5.74, 6) is 0.121. The molecule has 2 nitrogen and oxygen atoms in total. The number of nitrogens with zero attached hydrogens (tertiary/aromatic N) is 1. The second-order valence-electron chi connectivity index (χ2n) is 4.59. The molecule has 0 radical (unpaired) electrons. The lowest BCUT2D eigenvalue weighted by molar-refractivity contribution is -0.115. The van der Waals surface area contributed by atoms with E-state index < -0.39 is 0 Å². The van der Waals surface area contributed by atoms with E-state index in [4.69, 9.17) is 0 Å². The maximum atomic E-state index is 11.4. The molecular weight excluding hydrogens is 234 g/mol. The Morgan fingerprint density at radius 1 is 1.00 bits per heavy atom. The van der Waals surface area contributed by atoms with E-state index in [1.54, 1.807) is 6.92 Å². The minimum absolute atomic E-state index is 0.121. The molecule has 0 aromatic heterocycles. The van der Waals surface area contributed by atoms with Crippen LogP contribution in [0.5, 0.6) is 0 Å². The van der Waals surface area contributed by atoms with E-state index >= 15 is 0 Å². The molecule has 2 heteroatoms. The van der Waals surface area contributed by atoms with E-state index in [2.05, 4.69) is 4.99 Å². The van der Waals surface area contributed by atoms with Gasteiger partial charge in [-0.15, -0.1) is 0 Å². The standard InChI is InChI=1S/C17H17NO/c1-13-8-6-7-11-16(13)18-17(12-14(2)19)15-9-4-3-5-10-15/h3-11H,12H2,1-2H3. The zero-order valence-corrected chi connectivity index (χ0v) is 11.3. The van der Waals surface area contributed by atoms with E-state index in [1.165, 1.54) is 0 Å². The molecule has 96 valence electrons. The van der Waals surface area contributed by atoms with Gasteiger partial charge in [0.15, 0.2) is 0 Å². The number of rotatable bonds is 4. The quantitative estimate of drug-likeness (QED) is 0.752. The number of para-hydroxylation sites is 1. The van der Waals surface area contributed by atoms with Crippen molar-refractivity contribution in [3.05, 3.63) is 65.7 Å². The van der Waals surface area contributed by atoms with Gasteiger partial charge in [-0.2, -0.15) is 0 Å². The van der Waals surface area contributed by atoms with Crippen LogP contribution in [-0.4, -0.2) is 11.5 Å². The SMILES string of the molecule is CC(=O)CC(=Nc1ccccc1C)c1ccccc1. The lowest BCUT2D eigenvalue weighted by Crippen LogP contribution is -2.06. The summed E-state index contributed by atoms with van der Waals surface area (Å²) in [5, 5.41) is 0. The highest BCUT2D eigenvalue weighted by atomic mass is 16.1. The molecule has 0 atom stereocenters. The smallest absolute Gasteiger partial charge is 0.135 e. The van der Waals surface area contributed by atoms with Crippen LogP contribution in [0.2, 0.25) is 0 Å². The normalized spacial score (nSPS) is 11.4. The first-order valence-electron chi connectivity index (χ1n) is 6.35. The highest BCUT2D eigenvalue weighted by Gasteiger charge is 2.07. The van der Waals surface area contributed by atoms with Gasteiger partial charge in [-0.3, -0.25) is 9.79 Å². The fourth-order valence-electron chi connectivity index (χ4n) is 1.91. The number of aliphatic imine (C=N–C) groups is 1. The summed E-state index contributed by atoms with van der Waals surface area (Å²) in [6.45, 7) is 3.62. The molecule has 0 amide bonds. The largest absolute Gasteiger partial charge is 0.300 e. The molecule has 0 bridgehead atoms. The zero-order chi connectivity index (χ0) is 13.7. The van der Waals surface area contributed by atoms with Crippen LogP contribution in [-0.2, 0) is 4.79 Å². The third-order valence-electron chi connectivity index (χ3n) is 2.89. The number of aryl methyl sites for hydroxylation is 1. The number of hydrogen-bond acceptors (Lipinski definition) is 2. The van der Waals surface area contributed by atoms with Gasteiger partial charge >= 0.3 is 0 Å². The first-order chi connectivity index (χ1) is 9.16. The molecule has 0 fully saturated rings. The first-order valence-corrected chi connectivity index (χ1v) is 6.35. The van der Waals surface area contributed by atoms with E-state index in [-0.39, 0.29) is 5.78 Å². The van der Waals surface area contributed by atoms with Crippen molar-refractivity contribution in [1.29, 1.82) is 0 Å². The van der Waals surface area contributed by atoms with Crippen LogP contribution in [0.15, 0.2) is 59.6 Å². The number of ketones is 1. The number of carbonyl (C=O) groups is 1. The topological polar surface area (TPSA) is 29.4 Å². The Bertz CT molecular complexity index is 600. The first kappa shape index (κ1) is 13.2. The second kappa shape index (κ2) is 6.10. The molecule has 2 aromatic rings. The Kier molecular flexibility index (Phi) is 4.24. The Morgan fingerprint density at radius 3 is 2.26 bits per heavy atom. The van der Waals surface area contributed by atoms with Crippen molar-refractivity contribution >= 4 is 17.2 Å². The zero-order valence-electron chi connectivity index (χ0n) is 11.3. The molecule has 0 aliphatic heterocycles. The average Bonchev–Trinajstić information content (AvgIpc) is 2.41. The van der Waals surface area contributed by atoms with Gasteiger partial charge in [-0.05, 0) is 31.0 Å². The van der Waals surface area contributed by atoms with Crippen LogP contribution < -0.4 is 0 Å². The summed E-state index contributed by atoms with van der Waals surface area (Å²) in [5.41, 5.74) is 3.85. The minimum atomic E-state index is 0.121. The van der Waals surface area contributed by atoms with Gasteiger partial charge in [0.05, 0.1) is 11.4 Å². The van der Waals surface area contributed by atoms with Gasteiger partial charge in [0.25, 0.3) is 0 Å². The van der Waals surface area contributed by atoms with E-state index in [9.17, 15) is 4.79 Å². The third-order valence-corrected chi connectivity index (χ3v) is 2.89. The van der Waals surface area contributed by atoms with Gasteiger partial charge in [-0.1, -0.05) is 48.5 Å². The molecule has 0 spiro atoms. The predicted octanol–water partition coefficient (Wildman–Crippen LogP) is 4.09. The fraction of sp³-hybridized carbons (Fsp3) is 0.176. The number of benzene rings is 2. The summed E-state index contributed by atoms with van der Waals surface area (Å²) in [7, 11) is 0. The predicted molar refractivity (Wildman–Crippen MR) is 79.1 cm³/mol. The van der Waals surface area contributed by atoms with Crippen LogP contribution in [0.1, 0.15) is 24.5 Å². The Hall–Kier alpha value is -2.22. The van der Waals surface area contributed by atoms with Crippen molar-refractivity contribution in [1.82, 2.24) is 0 Å². The highest BCUT2D eigenvalue weighted by molar-refractivity contribution is 6.11. The van der Waals surface area contributed by atoms with Crippen molar-refractivity contribution in [2.24, 2.45) is 4.99 Å². The van der Waals surface area contributed by atoms with Crippen LogP contribution in [0.4, 0.5) is 5.69 Å². The molecule has 2 rings (SSSR count). The summed E-state index contributed by atoms with van der Waals surface area (Å²) < 4.78 is 0. The lowest BCUT2D eigenvalue weighted by Gasteiger charge is -2.06. The monoisotopic (exact) mass is 251 g/mol. The maximum absolute atomic E-state index is 11.4. The summed E-state index contributed by atoms with van der Waals surface area (Å²) in [6, 6.07) is 17.8. The van der Waals surface area contributed by atoms with Gasteiger partial charge in [0.2, 0.25) is 0 Å². The lowest BCUT2D eigenvalue weighted by atomic mass is 10.1. The fourth-order valence-corrected chi connectivity index (χ4v) is 1.91. The molecule has 0 aliphatic rings. The highest BCUT2D eigenvalue weighted by Crippen LogP contribution is 2.20. The van der Waals surface area contributed by atoms with Crippen LogP contribution >= 0.6 is 0 Å². The molecular formula is C17H17NO. The molecule has 2 aromatic carbocycles. The number of carbonyl (C=O) groups excluding carboxylic acids is 1. The van der Waals surface area contributed by atoms with Gasteiger partial charge in [-0.25, -0.2) is 0 Å². The molecule has 0 aliphatic carbocycles. The number of Topliss-reactive ketones (excluding diaryl/α,β-unsaturated/α-hetero) is 1. The molecule has 0 unspecified atom stereocenters. The van der Waals surface area contributed by atoms with Crippen molar-refractivity contribution in [3.8, 4) is 0 Å². The molecule has 0 saturated heterocycles. The summed E-state index contributed by atoms with van der Waals surface area (Å²) >= 11 is 0. The average molecular weight is 251 g/mol. The minimum Gasteiger partial charge on any atom is -0.300 e. The van der Waals surface area contributed by atoms with Gasteiger partial charge < -0.3 is 0 Å².